The zero-order valence-electron chi connectivity index (χ0n) is 52.7. The molecule has 0 radical (unpaired) electrons. The fraction of sp³-hybridized carbons (Fsp3) is 0.583. The summed E-state index contributed by atoms with van der Waals surface area (Å²) in [5, 5.41) is 73.8. The maximum absolute atomic E-state index is 14.1. The summed E-state index contributed by atoms with van der Waals surface area (Å²) in [5.41, 5.74) is 18.1. The number of aliphatic hydroxyl groups excluding tert-OH is 1. The first kappa shape index (κ1) is 78.1. The van der Waals surface area contributed by atoms with Gasteiger partial charge in [-0.3, -0.25) is 57.5 Å². The van der Waals surface area contributed by atoms with Gasteiger partial charge in [-0.15, -0.1) is 0 Å². The average Bonchev–Trinajstić information content (AvgIpc) is 1.69. The molecule has 0 saturated carbocycles. The summed E-state index contributed by atoms with van der Waals surface area (Å²) in [6.07, 6.45) is -0.773. The Morgan fingerprint density at radius 2 is 0.890 bits per heavy atom. The van der Waals surface area contributed by atoms with Crippen molar-refractivity contribution in [2.24, 2.45) is 40.9 Å². The van der Waals surface area contributed by atoms with E-state index < -0.39 is 193 Å². The highest BCUT2D eigenvalue weighted by Crippen LogP contribution is 2.16. The minimum Gasteiger partial charge on any atom is -0.508 e. The van der Waals surface area contributed by atoms with Gasteiger partial charge in [0.15, 0.2) is 0 Å². The van der Waals surface area contributed by atoms with Crippen LogP contribution in [0.25, 0.3) is 0 Å². The number of amides is 11. The standard InChI is InChI=1S/C60H93N13O18/c1-9-32(7)49(59(89)66-40(22-23-46(79)80)53(83)69-43(29-74)56(86)72-47(30(3)4)57(87)65-39(13-11-12-24-61)54(84)73-50(60(90)91)33(8)10-2)70-45(78)28-64-52(82)41(26-35-16-20-37(76)21-17-35)68-58(88)48(31(5)6)71-55(85)42(27-44(63)77)67-51(81)38(62)25-34-14-18-36(75)19-15-34/h14-21,30-33,38-43,47-50,74-76H,9-13,22-29,61-62H2,1-8H3,(H2,63,77)(H,64,82)(H,65,87)(H,66,89)(H,67,81)(H,68,88)(H,69,83)(H,70,78)(H,71,85)(H,72,86)(H,73,84)(H,79,80)(H,90,91). The van der Waals surface area contributed by atoms with Crippen LogP contribution in [0.4, 0.5) is 0 Å². The van der Waals surface area contributed by atoms with Gasteiger partial charge in [0, 0.05) is 12.8 Å². The number of hydrogen-bond acceptors (Lipinski definition) is 18. The number of carboxylic acids is 2. The molecule has 0 aliphatic heterocycles. The number of nitrogens with two attached hydrogens (primary N) is 3. The molecule has 11 amide bonds. The number of aliphatic hydroxyl groups is 1. The summed E-state index contributed by atoms with van der Waals surface area (Å²) in [6.45, 7) is 11.1. The molecule has 31 heteroatoms. The van der Waals surface area contributed by atoms with E-state index in [4.69, 9.17) is 17.2 Å². The van der Waals surface area contributed by atoms with Gasteiger partial charge in [-0.25, -0.2) is 4.79 Å². The van der Waals surface area contributed by atoms with Gasteiger partial charge in [0.1, 0.15) is 65.9 Å². The summed E-state index contributed by atoms with van der Waals surface area (Å²) in [5.74, 6) is -16.1. The molecule has 2 rings (SSSR count). The van der Waals surface area contributed by atoms with E-state index in [9.17, 15) is 87.9 Å². The van der Waals surface area contributed by atoms with Gasteiger partial charge in [0.25, 0.3) is 0 Å². The molecule has 0 bridgehead atoms. The molecule has 12 atom stereocenters. The molecule has 91 heavy (non-hydrogen) atoms. The van der Waals surface area contributed by atoms with Gasteiger partial charge in [0.05, 0.1) is 25.6 Å². The maximum atomic E-state index is 14.1. The minimum absolute atomic E-state index is 0.0239. The average molecular weight is 1280 g/mol. The van der Waals surface area contributed by atoms with Crippen LogP contribution < -0.4 is 70.4 Å². The fourth-order valence-corrected chi connectivity index (χ4v) is 9.03. The number of rotatable bonds is 41. The van der Waals surface area contributed by atoms with E-state index in [1.807, 2.05) is 0 Å². The Morgan fingerprint density at radius 1 is 0.473 bits per heavy atom. The predicted octanol–water partition coefficient (Wildman–Crippen LogP) is -2.96. The molecule has 0 aliphatic rings. The number of carboxylic acid groups (broad SMARTS) is 2. The Bertz CT molecular complexity index is 2810. The molecule has 0 heterocycles. The highest BCUT2D eigenvalue weighted by Gasteiger charge is 2.37. The lowest BCUT2D eigenvalue weighted by Crippen LogP contribution is -2.61. The molecule has 21 N–H and O–H groups in total. The first-order chi connectivity index (χ1) is 42.8. The van der Waals surface area contributed by atoms with Crippen molar-refractivity contribution in [1.29, 1.82) is 0 Å². The van der Waals surface area contributed by atoms with Crippen molar-refractivity contribution in [3.63, 3.8) is 0 Å². The number of benzene rings is 2. The molecule has 0 spiro atoms. The highest BCUT2D eigenvalue weighted by molar-refractivity contribution is 5.99. The number of carbonyl (C=O) groups is 13. The van der Waals surface area contributed by atoms with Crippen LogP contribution >= 0.6 is 0 Å². The van der Waals surface area contributed by atoms with Crippen LogP contribution in [0.5, 0.6) is 11.5 Å². The van der Waals surface area contributed by atoms with Gasteiger partial charge in [-0.05, 0) is 97.7 Å². The monoisotopic (exact) mass is 1280 g/mol. The summed E-state index contributed by atoms with van der Waals surface area (Å²) in [6, 6.07) is -3.39. The van der Waals surface area contributed by atoms with Crippen LogP contribution in [-0.4, -0.2) is 183 Å². The Balaban J connectivity index is 2.33. The normalized spacial score (nSPS) is 15.1. The van der Waals surface area contributed by atoms with Gasteiger partial charge in [-0.1, -0.05) is 92.5 Å². The van der Waals surface area contributed by atoms with Crippen molar-refractivity contribution in [2.75, 3.05) is 19.7 Å². The van der Waals surface area contributed by atoms with Gasteiger partial charge < -0.3 is 95.9 Å². The van der Waals surface area contributed by atoms with Crippen LogP contribution in [0, 0.1) is 23.7 Å². The summed E-state index contributed by atoms with van der Waals surface area (Å²) >= 11 is 0. The number of nitrogens with one attached hydrogen (secondary N) is 10. The molecule has 0 fully saturated rings. The van der Waals surface area contributed by atoms with Crippen molar-refractivity contribution in [3.8, 4) is 11.5 Å². The molecule has 0 aromatic heterocycles. The van der Waals surface area contributed by atoms with E-state index in [-0.39, 0.29) is 43.7 Å². The maximum Gasteiger partial charge on any atom is 0.326 e. The molecule has 0 aliphatic carbocycles. The van der Waals surface area contributed by atoms with E-state index in [1.165, 1.54) is 48.5 Å². The third-order valence-corrected chi connectivity index (χ3v) is 15.0. The third-order valence-electron chi connectivity index (χ3n) is 15.0. The third kappa shape index (κ3) is 27.4. The molecule has 0 saturated heterocycles. The molecule has 2 aromatic carbocycles. The second kappa shape index (κ2) is 39.2. The highest BCUT2D eigenvalue weighted by atomic mass is 16.4. The summed E-state index contributed by atoms with van der Waals surface area (Å²) < 4.78 is 0. The van der Waals surface area contributed by atoms with Gasteiger partial charge >= 0.3 is 11.9 Å². The second-order valence-corrected chi connectivity index (χ2v) is 23.0. The van der Waals surface area contributed by atoms with Crippen molar-refractivity contribution in [3.05, 3.63) is 59.7 Å². The number of phenols is 2. The van der Waals surface area contributed by atoms with E-state index in [0.29, 0.717) is 30.4 Å². The zero-order valence-corrected chi connectivity index (χ0v) is 52.7. The molecule has 2 aromatic rings. The van der Waals surface area contributed by atoms with Crippen LogP contribution in [-0.2, 0) is 75.2 Å². The number of primary amides is 1. The molecule has 12 unspecified atom stereocenters. The van der Waals surface area contributed by atoms with Crippen LogP contribution in [0.3, 0.4) is 0 Å². The Hall–Kier alpha value is -8.97. The zero-order chi connectivity index (χ0) is 68.8. The fourth-order valence-electron chi connectivity index (χ4n) is 9.03. The first-order valence-electron chi connectivity index (χ1n) is 30.1. The van der Waals surface area contributed by atoms with Gasteiger partial charge in [0.2, 0.25) is 65.0 Å². The number of carbonyl (C=O) groups excluding carboxylic acids is 11. The number of aliphatic carboxylic acids is 2. The number of aromatic hydroxyl groups is 2. The minimum atomic E-state index is -1.82. The van der Waals surface area contributed by atoms with Gasteiger partial charge in [-0.2, -0.15) is 0 Å². The molecular formula is C60H93N13O18. The molecular weight excluding hydrogens is 1190 g/mol. The Kier molecular flexibility index (Phi) is 33.7. The largest absolute Gasteiger partial charge is 0.508 e. The summed E-state index contributed by atoms with van der Waals surface area (Å²) in [7, 11) is 0. The smallest absolute Gasteiger partial charge is 0.326 e. The van der Waals surface area contributed by atoms with E-state index in [0.717, 1.165) is 0 Å². The van der Waals surface area contributed by atoms with Crippen molar-refractivity contribution in [2.45, 2.75) is 180 Å². The molecule has 31 nitrogen and oxygen atoms in total. The van der Waals surface area contributed by atoms with Crippen LogP contribution in [0.1, 0.15) is 118 Å². The Labute approximate surface area is 528 Å². The first-order valence-corrected chi connectivity index (χ1v) is 30.1. The van der Waals surface area contributed by atoms with E-state index in [2.05, 4.69) is 53.2 Å². The van der Waals surface area contributed by atoms with Crippen molar-refractivity contribution < 1.29 is 87.9 Å². The van der Waals surface area contributed by atoms with E-state index >= 15 is 0 Å². The predicted molar refractivity (Wildman–Crippen MR) is 329 cm³/mol. The van der Waals surface area contributed by atoms with Crippen LogP contribution in [0.2, 0.25) is 0 Å². The van der Waals surface area contributed by atoms with E-state index in [1.54, 1.807) is 55.4 Å². The number of hydrogen-bond donors (Lipinski definition) is 18. The second-order valence-electron chi connectivity index (χ2n) is 23.0. The van der Waals surface area contributed by atoms with Crippen LogP contribution in [0.15, 0.2) is 48.5 Å². The van der Waals surface area contributed by atoms with Crippen molar-refractivity contribution in [1.82, 2.24) is 53.2 Å². The quantitative estimate of drug-likeness (QED) is 0.0296. The SMILES string of the molecule is CCC(C)C(NC(=O)C(CCCCN)NC(=O)C(NC(=O)C(CO)NC(=O)C(CCC(=O)O)NC(=O)C(NC(=O)CNC(=O)C(Cc1ccc(O)cc1)NC(=O)C(NC(=O)C(CC(N)=O)NC(=O)C(N)Cc1ccc(O)cc1)C(C)C)C(C)CC)C(C)C)C(=O)O. The summed E-state index contributed by atoms with van der Waals surface area (Å²) in [4.78, 5) is 174. The number of phenolic OH excluding ortho intramolecular Hbond substituents is 2. The molecule has 506 valence electrons. The topological polar surface area (TPSA) is 521 Å². The lowest BCUT2D eigenvalue weighted by Gasteiger charge is -2.29. The Morgan fingerprint density at radius 3 is 1.35 bits per heavy atom. The number of unbranched alkanes of at least 4 members (excludes halogenated alkanes) is 1. The lowest BCUT2D eigenvalue weighted by atomic mass is 9.97. The van der Waals surface area contributed by atoms with Crippen molar-refractivity contribution >= 4 is 76.9 Å². The lowest BCUT2D eigenvalue weighted by molar-refractivity contribution is -0.144.